The van der Waals surface area contributed by atoms with Gasteiger partial charge in [-0.2, -0.15) is 0 Å². The number of methoxy groups -OCH3 is 1. The van der Waals surface area contributed by atoms with Gasteiger partial charge in [0.25, 0.3) is 0 Å². The predicted molar refractivity (Wildman–Crippen MR) is 99.7 cm³/mol. The van der Waals surface area contributed by atoms with Gasteiger partial charge in [-0.15, -0.1) is 0 Å². The van der Waals surface area contributed by atoms with Crippen molar-refractivity contribution in [3.8, 4) is 17.2 Å². The highest BCUT2D eigenvalue weighted by Gasteiger charge is 2.26. The minimum absolute atomic E-state index is 0.000904. The first kappa shape index (κ1) is 18.1. The van der Waals surface area contributed by atoms with E-state index >= 15 is 0 Å². The Morgan fingerprint density at radius 1 is 1.19 bits per heavy atom. The second-order valence-electron chi connectivity index (χ2n) is 6.71. The molecule has 0 aliphatic carbocycles. The van der Waals surface area contributed by atoms with Gasteiger partial charge < -0.3 is 19.5 Å². The fourth-order valence-corrected chi connectivity index (χ4v) is 2.96. The molecule has 0 aromatic heterocycles. The smallest absolute Gasteiger partial charge is 0.227 e. The minimum Gasteiger partial charge on any atom is -0.497 e. The number of carbonyl (C=O) groups is 1. The molecule has 0 saturated heterocycles. The molecule has 1 atom stereocenters. The Balaban J connectivity index is 1.55. The largest absolute Gasteiger partial charge is 0.497 e. The van der Waals surface area contributed by atoms with Crippen LogP contribution >= 0.6 is 0 Å². The van der Waals surface area contributed by atoms with E-state index in [-0.39, 0.29) is 17.9 Å². The lowest BCUT2D eigenvalue weighted by Gasteiger charge is -2.25. The fourth-order valence-electron chi connectivity index (χ4n) is 2.96. The second kappa shape index (κ2) is 8.13. The lowest BCUT2D eigenvalue weighted by atomic mass is 9.95. The highest BCUT2D eigenvalue weighted by Crippen LogP contribution is 2.30. The van der Waals surface area contributed by atoms with Crippen molar-refractivity contribution < 1.29 is 19.0 Å². The Hall–Kier alpha value is -2.69. The number of hydrogen-bond acceptors (Lipinski definition) is 4. The van der Waals surface area contributed by atoms with E-state index in [1.807, 2.05) is 56.3 Å². The van der Waals surface area contributed by atoms with Gasteiger partial charge in [-0.3, -0.25) is 4.79 Å². The number of fused-ring (bicyclic) bond motifs is 1. The van der Waals surface area contributed by atoms with Gasteiger partial charge in [0.05, 0.1) is 19.1 Å². The monoisotopic (exact) mass is 355 g/mol. The summed E-state index contributed by atoms with van der Waals surface area (Å²) < 4.78 is 16.6. The number of nitrogens with one attached hydrogen (secondary N) is 1. The number of hydrogen-bond donors (Lipinski definition) is 1. The second-order valence-corrected chi connectivity index (χ2v) is 6.71. The summed E-state index contributed by atoms with van der Waals surface area (Å²) in [6.45, 7) is 4.87. The van der Waals surface area contributed by atoms with Crippen molar-refractivity contribution in [2.45, 2.75) is 32.9 Å². The molecule has 0 saturated carbocycles. The van der Waals surface area contributed by atoms with Crippen molar-refractivity contribution in [3.63, 3.8) is 0 Å². The molecule has 0 unspecified atom stereocenters. The molecular weight excluding hydrogens is 330 g/mol. The normalized spacial score (nSPS) is 15.8. The SMILES string of the molecule is COc1ccc2c(c1)C[C@@H](C(=O)NCc1ccc(OC(C)C)cc1)CO2. The van der Waals surface area contributed by atoms with E-state index in [0.717, 1.165) is 28.4 Å². The Kier molecular flexibility index (Phi) is 5.66. The first-order valence-electron chi connectivity index (χ1n) is 8.88. The van der Waals surface area contributed by atoms with E-state index in [0.29, 0.717) is 19.6 Å². The molecule has 1 N–H and O–H groups in total. The van der Waals surface area contributed by atoms with Crippen molar-refractivity contribution >= 4 is 5.91 Å². The first-order chi connectivity index (χ1) is 12.5. The van der Waals surface area contributed by atoms with Crippen molar-refractivity contribution in [1.82, 2.24) is 5.32 Å². The molecule has 1 aliphatic heterocycles. The Morgan fingerprint density at radius 3 is 2.62 bits per heavy atom. The highest BCUT2D eigenvalue weighted by atomic mass is 16.5. The maximum atomic E-state index is 12.5. The van der Waals surface area contributed by atoms with E-state index < -0.39 is 0 Å². The summed E-state index contributed by atoms with van der Waals surface area (Å²) >= 11 is 0. The van der Waals surface area contributed by atoms with Crippen molar-refractivity contribution in [1.29, 1.82) is 0 Å². The van der Waals surface area contributed by atoms with Crippen LogP contribution in [0.3, 0.4) is 0 Å². The van der Waals surface area contributed by atoms with Crippen LogP contribution in [0.1, 0.15) is 25.0 Å². The zero-order valence-corrected chi connectivity index (χ0v) is 15.5. The maximum Gasteiger partial charge on any atom is 0.227 e. The third-order valence-corrected chi connectivity index (χ3v) is 4.31. The zero-order chi connectivity index (χ0) is 18.5. The molecule has 0 fully saturated rings. The molecule has 0 spiro atoms. The van der Waals surface area contributed by atoms with Crippen LogP contribution in [0, 0.1) is 5.92 Å². The summed E-state index contributed by atoms with van der Waals surface area (Å²) in [4.78, 5) is 12.5. The van der Waals surface area contributed by atoms with Gasteiger partial charge in [0.15, 0.2) is 0 Å². The first-order valence-corrected chi connectivity index (χ1v) is 8.88. The lowest BCUT2D eigenvalue weighted by molar-refractivity contribution is -0.126. The molecule has 2 aromatic rings. The van der Waals surface area contributed by atoms with E-state index in [9.17, 15) is 4.79 Å². The van der Waals surface area contributed by atoms with E-state index in [1.54, 1.807) is 7.11 Å². The molecule has 1 heterocycles. The van der Waals surface area contributed by atoms with Crippen LogP contribution in [-0.2, 0) is 17.8 Å². The van der Waals surface area contributed by atoms with Gasteiger partial charge in [0.2, 0.25) is 5.91 Å². The topological polar surface area (TPSA) is 56.8 Å². The van der Waals surface area contributed by atoms with Crippen molar-refractivity contribution in [3.05, 3.63) is 53.6 Å². The average molecular weight is 355 g/mol. The summed E-state index contributed by atoms with van der Waals surface area (Å²) in [5.41, 5.74) is 2.04. The van der Waals surface area contributed by atoms with Gasteiger partial charge in [0.1, 0.15) is 23.9 Å². The maximum absolute atomic E-state index is 12.5. The number of ether oxygens (including phenoxy) is 3. The number of carbonyl (C=O) groups excluding carboxylic acids is 1. The summed E-state index contributed by atoms with van der Waals surface area (Å²) in [6, 6.07) is 13.5. The molecule has 138 valence electrons. The standard InChI is InChI=1S/C21H25NO4/c1-14(2)26-18-6-4-15(5-7-18)12-22-21(23)17-10-16-11-19(24-3)8-9-20(16)25-13-17/h4-9,11,14,17H,10,12-13H2,1-3H3,(H,22,23)/t17-/m1/s1. The average Bonchev–Trinajstić information content (AvgIpc) is 2.65. The summed E-state index contributed by atoms with van der Waals surface area (Å²) in [5, 5.41) is 3.00. The van der Waals surface area contributed by atoms with Gasteiger partial charge >= 0.3 is 0 Å². The number of benzene rings is 2. The van der Waals surface area contributed by atoms with E-state index in [2.05, 4.69) is 5.32 Å². The van der Waals surface area contributed by atoms with Crippen LogP contribution in [0.4, 0.5) is 0 Å². The lowest BCUT2D eigenvalue weighted by Crippen LogP contribution is -2.37. The van der Waals surface area contributed by atoms with Gasteiger partial charge in [-0.05, 0) is 61.7 Å². The number of rotatable bonds is 6. The third-order valence-electron chi connectivity index (χ3n) is 4.31. The van der Waals surface area contributed by atoms with Crippen LogP contribution < -0.4 is 19.5 Å². The van der Waals surface area contributed by atoms with Crippen LogP contribution in [0.2, 0.25) is 0 Å². The van der Waals surface area contributed by atoms with Crippen molar-refractivity contribution in [2.24, 2.45) is 5.92 Å². The molecule has 1 aliphatic rings. The predicted octanol–water partition coefficient (Wildman–Crippen LogP) is 3.35. The highest BCUT2D eigenvalue weighted by molar-refractivity contribution is 5.79. The van der Waals surface area contributed by atoms with Crippen molar-refractivity contribution in [2.75, 3.05) is 13.7 Å². The van der Waals surface area contributed by atoms with Gasteiger partial charge in [-0.1, -0.05) is 12.1 Å². The van der Waals surface area contributed by atoms with E-state index in [4.69, 9.17) is 14.2 Å². The Bertz CT molecular complexity index is 755. The molecule has 2 aromatic carbocycles. The molecule has 5 nitrogen and oxygen atoms in total. The summed E-state index contributed by atoms with van der Waals surface area (Å²) in [7, 11) is 1.63. The molecule has 3 rings (SSSR count). The molecule has 0 radical (unpaired) electrons. The van der Waals surface area contributed by atoms with Crippen LogP contribution in [-0.4, -0.2) is 25.7 Å². The Labute approximate surface area is 154 Å². The third kappa shape index (κ3) is 4.48. The number of amides is 1. The minimum atomic E-state index is -0.196. The molecule has 0 bridgehead atoms. The molecule has 5 heteroatoms. The van der Waals surface area contributed by atoms with Crippen LogP contribution in [0.25, 0.3) is 0 Å². The van der Waals surface area contributed by atoms with Gasteiger partial charge in [-0.25, -0.2) is 0 Å². The quantitative estimate of drug-likeness (QED) is 0.863. The molecule has 26 heavy (non-hydrogen) atoms. The Morgan fingerprint density at radius 2 is 1.92 bits per heavy atom. The van der Waals surface area contributed by atoms with Crippen LogP contribution in [0.15, 0.2) is 42.5 Å². The van der Waals surface area contributed by atoms with Crippen LogP contribution in [0.5, 0.6) is 17.2 Å². The van der Waals surface area contributed by atoms with Gasteiger partial charge in [0, 0.05) is 6.54 Å². The van der Waals surface area contributed by atoms with E-state index in [1.165, 1.54) is 0 Å². The summed E-state index contributed by atoms with van der Waals surface area (Å²) in [6.07, 6.45) is 0.799. The molecule has 1 amide bonds. The molecular formula is C21H25NO4. The fraction of sp³-hybridized carbons (Fsp3) is 0.381. The zero-order valence-electron chi connectivity index (χ0n) is 15.5. The summed E-state index contributed by atoms with van der Waals surface area (Å²) in [5.74, 6) is 2.24.